The molecule has 0 aliphatic heterocycles. The van der Waals surface area contributed by atoms with E-state index in [-0.39, 0.29) is 27.6 Å². The van der Waals surface area contributed by atoms with Crippen LogP contribution in [0.3, 0.4) is 0 Å². The Hall–Kier alpha value is -0.830. The summed E-state index contributed by atoms with van der Waals surface area (Å²) in [6.45, 7) is 18.3. The molecule has 4 rings (SSSR count). The van der Waals surface area contributed by atoms with Crippen molar-refractivity contribution >= 4 is 5.97 Å². The number of methoxy groups -OCH3 is 1. The molecule has 1 N–H and O–H groups in total. The maximum Gasteiger partial charge on any atom is 0.333 e. The molecule has 0 aromatic rings. The molecule has 0 heterocycles. The van der Waals surface area contributed by atoms with E-state index < -0.39 is 11.0 Å². The summed E-state index contributed by atoms with van der Waals surface area (Å²) in [5.41, 5.74) is -1.25. The number of aliphatic hydroxyl groups is 1. The number of hydrogen-bond donors (Lipinski definition) is 1. The lowest BCUT2D eigenvalue weighted by Gasteiger charge is -2.62. The molecule has 4 aliphatic rings. The number of rotatable bonds is 3. The Balaban J connectivity index is 1.98. The van der Waals surface area contributed by atoms with Crippen LogP contribution in [0, 0.1) is 38.9 Å². The van der Waals surface area contributed by atoms with Gasteiger partial charge in [0.2, 0.25) is 0 Å². The number of ether oxygens (including phenoxy) is 1. The van der Waals surface area contributed by atoms with E-state index in [1.165, 1.54) is 20.0 Å². The first-order chi connectivity index (χ1) is 12.3. The predicted molar refractivity (Wildman–Crippen MR) is 107 cm³/mol. The molecular formula is C24H38O3. The number of carbonyl (C=O) groups excluding carboxylic acids is 1. The molecule has 3 unspecified atom stereocenters. The zero-order valence-electron chi connectivity index (χ0n) is 18.4. The van der Waals surface area contributed by atoms with Crippen LogP contribution >= 0.6 is 0 Å². The molecule has 27 heavy (non-hydrogen) atoms. The molecule has 0 aromatic heterocycles. The second kappa shape index (κ2) is 5.01. The Morgan fingerprint density at radius 1 is 0.926 bits per heavy atom. The van der Waals surface area contributed by atoms with Crippen molar-refractivity contribution in [2.24, 2.45) is 38.9 Å². The third-order valence-electron chi connectivity index (χ3n) is 11.5. The van der Waals surface area contributed by atoms with Crippen molar-refractivity contribution in [1.82, 2.24) is 0 Å². The van der Waals surface area contributed by atoms with E-state index in [0.717, 1.165) is 25.7 Å². The minimum absolute atomic E-state index is 0.0630. The van der Waals surface area contributed by atoms with Gasteiger partial charge in [0.25, 0.3) is 0 Å². The fraction of sp³-hybridized carbons (Fsp3) is 0.875. The van der Waals surface area contributed by atoms with Gasteiger partial charge < -0.3 is 9.84 Å². The van der Waals surface area contributed by atoms with Gasteiger partial charge in [-0.3, -0.25) is 0 Å². The summed E-state index contributed by atoms with van der Waals surface area (Å²) in [7, 11) is 1.44. The number of carbonyl (C=O) groups is 1. The molecule has 6 atom stereocenters. The van der Waals surface area contributed by atoms with E-state index in [1.807, 2.05) is 0 Å². The second-order valence-electron chi connectivity index (χ2n) is 11.7. The minimum Gasteiger partial charge on any atom is -0.466 e. The van der Waals surface area contributed by atoms with Gasteiger partial charge in [-0.05, 0) is 66.6 Å². The van der Waals surface area contributed by atoms with E-state index in [1.54, 1.807) is 0 Å². The van der Waals surface area contributed by atoms with E-state index in [4.69, 9.17) is 4.74 Å². The SMILES string of the molecule is C=C(C(=O)OC)C1([C@@]2(O)C[C@H]3CC[C@]2(C)C3(C)C)CC2CCC1(C)C2(C)C. The van der Waals surface area contributed by atoms with E-state index in [2.05, 4.69) is 48.1 Å². The van der Waals surface area contributed by atoms with Crippen LogP contribution in [0.25, 0.3) is 0 Å². The first-order valence-corrected chi connectivity index (χ1v) is 10.8. The van der Waals surface area contributed by atoms with E-state index in [0.29, 0.717) is 17.4 Å². The van der Waals surface area contributed by atoms with Crippen LogP contribution in [0.15, 0.2) is 12.2 Å². The largest absolute Gasteiger partial charge is 0.466 e. The van der Waals surface area contributed by atoms with Crippen molar-refractivity contribution in [3.63, 3.8) is 0 Å². The van der Waals surface area contributed by atoms with Crippen molar-refractivity contribution in [3.8, 4) is 0 Å². The molecule has 3 heteroatoms. The summed E-state index contributed by atoms with van der Waals surface area (Å²) in [5, 5.41) is 12.7. The lowest BCUT2D eigenvalue weighted by atomic mass is 9.43. The number of hydrogen-bond acceptors (Lipinski definition) is 3. The third-order valence-corrected chi connectivity index (χ3v) is 11.5. The summed E-state index contributed by atoms with van der Waals surface area (Å²) >= 11 is 0. The van der Waals surface area contributed by atoms with Crippen LogP contribution in [-0.2, 0) is 9.53 Å². The predicted octanol–water partition coefficient (Wildman–Crippen LogP) is 5.13. The molecule has 0 amide bonds. The topological polar surface area (TPSA) is 46.5 Å². The summed E-state index contributed by atoms with van der Waals surface area (Å²) < 4.78 is 5.19. The molecule has 4 aliphatic carbocycles. The fourth-order valence-electron chi connectivity index (χ4n) is 8.86. The third kappa shape index (κ3) is 1.66. The van der Waals surface area contributed by atoms with Crippen molar-refractivity contribution in [1.29, 1.82) is 0 Å². The van der Waals surface area contributed by atoms with Crippen LogP contribution in [0.1, 0.15) is 80.1 Å². The van der Waals surface area contributed by atoms with E-state index >= 15 is 0 Å². The Morgan fingerprint density at radius 3 is 1.74 bits per heavy atom. The van der Waals surface area contributed by atoms with Gasteiger partial charge in [-0.15, -0.1) is 0 Å². The molecule has 3 nitrogen and oxygen atoms in total. The molecule has 0 radical (unpaired) electrons. The first kappa shape index (κ1) is 19.5. The molecule has 4 fully saturated rings. The number of fused-ring (bicyclic) bond motifs is 4. The highest BCUT2D eigenvalue weighted by atomic mass is 16.5. The van der Waals surface area contributed by atoms with Crippen LogP contribution in [0.4, 0.5) is 0 Å². The maximum absolute atomic E-state index is 12.9. The van der Waals surface area contributed by atoms with Crippen LogP contribution in [-0.4, -0.2) is 23.8 Å². The molecule has 0 aromatic carbocycles. The highest BCUT2D eigenvalue weighted by molar-refractivity contribution is 5.90. The zero-order chi connectivity index (χ0) is 20.3. The van der Waals surface area contributed by atoms with Gasteiger partial charge >= 0.3 is 5.97 Å². The molecule has 0 spiro atoms. The van der Waals surface area contributed by atoms with Gasteiger partial charge in [0.1, 0.15) is 0 Å². The van der Waals surface area contributed by atoms with Gasteiger partial charge in [0.05, 0.1) is 12.7 Å². The summed E-state index contributed by atoms with van der Waals surface area (Å²) in [6.07, 6.45) is 6.07. The Kier molecular flexibility index (Phi) is 3.62. The quantitative estimate of drug-likeness (QED) is 0.550. The first-order valence-electron chi connectivity index (χ1n) is 10.8. The van der Waals surface area contributed by atoms with Crippen molar-refractivity contribution in [2.45, 2.75) is 85.7 Å². The Bertz CT molecular complexity index is 721. The van der Waals surface area contributed by atoms with Gasteiger partial charge in [-0.1, -0.05) is 48.1 Å². The fourth-order valence-corrected chi connectivity index (χ4v) is 8.86. The lowest BCUT2D eigenvalue weighted by Crippen LogP contribution is -2.65. The highest BCUT2D eigenvalue weighted by Crippen LogP contribution is 2.84. The summed E-state index contributed by atoms with van der Waals surface area (Å²) in [5.74, 6) is 0.677. The van der Waals surface area contributed by atoms with Gasteiger partial charge in [0, 0.05) is 16.4 Å². The molecule has 4 bridgehead atoms. The minimum atomic E-state index is -0.918. The highest BCUT2D eigenvalue weighted by Gasteiger charge is 2.83. The number of esters is 1. The molecule has 0 saturated heterocycles. The summed E-state index contributed by atoms with van der Waals surface area (Å²) in [6, 6.07) is 0. The molecular weight excluding hydrogens is 336 g/mol. The summed E-state index contributed by atoms with van der Waals surface area (Å²) in [4.78, 5) is 12.9. The standard InChI is InChI=1S/C24H38O3/c1-15(18(25)27-8)23(13-16-9-11-21(23,6)19(16,2)3)24(26)14-17-10-12-22(24,7)20(17,4)5/h16-17,26H,1,9-14H2,2-8H3/t16?,17-,21?,22-,23?,24-/m1/s1. The van der Waals surface area contributed by atoms with Crippen molar-refractivity contribution in [3.05, 3.63) is 12.2 Å². The van der Waals surface area contributed by atoms with Crippen molar-refractivity contribution in [2.75, 3.05) is 7.11 Å². The van der Waals surface area contributed by atoms with Gasteiger partial charge in [-0.25, -0.2) is 4.79 Å². The second-order valence-corrected chi connectivity index (χ2v) is 11.7. The Labute approximate surface area is 164 Å². The van der Waals surface area contributed by atoms with Crippen LogP contribution in [0.5, 0.6) is 0 Å². The molecule has 4 saturated carbocycles. The van der Waals surface area contributed by atoms with Gasteiger partial charge in [-0.2, -0.15) is 0 Å². The lowest BCUT2D eigenvalue weighted by molar-refractivity contribution is -0.209. The average Bonchev–Trinajstić information content (AvgIpc) is 3.10. The monoisotopic (exact) mass is 374 g/mol. The van der Waals surface area contributed by atoms with Crippen LogP contribution < -0.4 is 0 Å². The zero-order valence-corrected chi connectivity index (χ0v) is 18.4. The van der Waals surface area contributed by atoms with Crippen molar-refractivity contribution < 1.29 is 14.6 Å². The van der Waals surface area contributed by atoms with Crippen LogP contribution in [0.2, 0.25) is 0 Å². The Morgan fingerprint density at radius 2 is 1.41 bits per heavy atom. The van der Waals surface area contributed by atoms with E-state index in [9.17, 15) is 9.90 Å². The normalized spacial score (nSPS) is 51.6. The maximum atomic E-state index is 12.9. The molecule has 152 valence electrons. The van der Waals surface area contributed by atoms with Gasteiger partial charge in [0.15, 0.2) is 0 Å². The average molecular weight is 375 g/mol. The smallest absolute Gasteiger partial charge is 0.333 e.